The van der Waals surface area contributed by atoms with E-state index in [0.29, 0.717) is 17.0 Å². The van der Waals surface area contributed by atoms with Crippen molar-refractivity contribution in [2.45, 2.75) is 11.8 Å². The lowest BCUT2D eigenvalue weighted by Gasteiger charge is -2.04. The summed E-state index contributed by atoms with van der Waals surface area (Å²) in [4.78, 5) is 16.7. The van der Waals surface area contributed by atoms with E-state index in [4.69, 9.17) is 0 Å². The van der Waals surface area contributed by atoms with Crippen LogP contribution in [0.2, 0.25) is 0 Å². The van der Waals surface area contributed by atoms with E-state index in [2.05, 4.69) is 10.3 Å². The van der Waals surface area contributed by atoms with Crippen LogP contribution in [0, 0.1) is 6.92 Å². The summed E-state index contributed by atoms with van der Waals surface area (Å²) in [5.74, 6) is -0.349. The van der Waals surface area contributed by atoms with E-state index < -0.39 is 9.84 Å². The molecule has 0 saturated carbocycles. The lowest BCUT2D eigenvalue weighted by atomic mass is 10.3. The van der Waals surface area contributed by atoms with Crippen LogP contribution in [0.15, 0.2) is 53.7 Å². The Kier molecular flexibility index (Phi) is 3.65. The molecule has 6 nitrogen and oxygen atoms in total. The van der Waals surface area contributed by atoms with Crippen molar-refractivity contribution < 1.29 is 13.2 Å². The molecule has 23 heavy (non-hydrogen) atoms. The molecule has 118 valence electrons. The number of pyridine rings is 1. The van der Waals surface area contributed by atoms with Crippen molar-refractivity contribution in [3.05, 3.63) is 60.0 Å². The Morgan fingerprint density at radius 1 is 1.17 bits per heavy atom. The molecule has 0 spiro atoms. The van der Waals surface area contributed by atoms with Gasteiger partial charge in [0.1, 0.15) is 11.3 Å². The second-order valence-corrected chi connectivity index (χ2v) is 7.36. The van der Waals surface area contributed by atoms with Crippen molar-refractivity contribution in [2.75, 3.05) is 11.6 Å². The fourth-order valence-electron chi connectivity index (χ4n) is 2.17. The molecule has 0 radical (unpaired) electrons. The molecule has 2 heterocycles. The number of fused-ring (bicyclic) bond motifs is 1. The van der Waals surface area contributed by atoms with E-state index in [0.717, 1.165) is 11.8 Å². The first-order chi connectivity index (χ1) is 10.8. The number of nitrogens with one attached hydrogen (secondary N) is 1. The van der Waals surface area contributed by atoms with Crippen molar-refractivity contribution in [3.63, 3.8) is 0 Å². The number of amides is 1. The Balaban J connectivity index is 1.82. The summed E-state index contributed by atoms with van der Waals surface area (Å²) in [6.45, 7) is 1.96. The first kappa shape index (κ1) is 15.2. The van der Waals surface area contributed by atoms with E-state index in [9.17, 15) is 13.2 Å². The fraction of sp³-hybridized carbons (Fsp3) is 0.125. The third kappa shape index (κ3) is 3.24. The van der Waals surface area contributed by atoms with Crippen LogP contribution in [0.5, 0.6) is 0 Å². The van der Waals surface area contributed by atoms with Gasteiger partial charge < -0.3 is 9.72 Å². The highest BCUT2D eigenvalue weighted by atomic mass is 32.2. The van der Waals surface area contributed by atoms with Crippen LogP contribution in [0.4, 0.5) is 5.69 Å². The number of imidazole rings is 1. The maximum atomic E-state index is 12.2. The van der Waals surface area contributed by atoms with E-state index in [-0.39, 0.29) is 10.8 Å². The van der Waals surface area contributed by atoms with Gasteiger partial charge in [-0.2, -0.15) is 0 Å². The Labute approximate surface area is 133 Å². The smallest absolute Gasteiger partial charge is 0.275 e. The van der Waals surface area contributed by atoms with Crippen molar-refractivity contribution in [2.24, 2.45) is 0 Å². The molecule has 0 bridgehead atoms. The van der Waals surface area contributed by atoms with Gasteiger partial charge in [0.05, 0.1) is 4.90 Å². The molecule has 1 N–H and O–H groups in total. The minimum Gasteiger partial charge on any atom is -0.321 e. The van der Waals surface area contributed by atoms with Crippen LogP contribution in [0.25, 0.3) is 5.65 Å². The van der Waals surface area contributed by atoms with Gasteiger partial charge in [-0.1, -0.05) is 0 Å². The van der Waals surface area contributed by atoms with Gasteiger partial charge in [-0.3, -0.25) is 4.79 Å². The van der Waals surface area contributed by atoms with Crippen LogP contribution in [0.3, 0.4) is 0 Å². The third-order valence-electron chi connectivity index (χ3n) is 3.39. The predicted octanol–water partition coefficient (Wildman–Crippen LogP) is 2.30. The topological polar surface area (TPSA) is 80.5 Å². The first-order valence-corrected chi connectivity index (χ1v) is 8.79. The van der Waals surface area contributed by atoms with Gasteiger partial charge in [0.25, 0.3) is 5.91 Å². The van der Waals surface area contributed by atoms with Gasteiger partial charge in [0.15, 0.2) is 9.84 Å². The molecule has 7 heteroatoms. The summed E-state index contributed by atoms with van der Waals surface area (Å²) in [5, 5.41) is 2.70. The molecule has 0 aliphatic rings. The van der Waals surface area contributed by atoms with Gasteiger partial charge in [0.2, 0.25) is 0 Å². The monoisotopic (exact) mass is 329 g/mol. The lowest BCUT2D eigenvalue weighted by Crippen LogP contribution is -2.12. The average molecular weight is 329 g/mol. The maximum Gasteiger partial charge on any atom is 0.275 e. The Hall–Kier alpha value is -2.67. The van der Waals surface area contributed by atoms with Crippen LogP contribution in [-0.2, 0) is 9.84 Å². The number of benzene rings is 1. The van der Waals surface area contributed by atoms with Crippen LogP contribution < -0.4 is 5.32 Å². The number of anilines is 1. The van der Waals surface area contributed by atoms with Crippen molar-refractivity contribution in [1.29, 1.82) is 0 Å². The molecular weight excluding hydrogens is 314 g/mol. The Morgan fingerprint density at radius 2 is 1.87 bits per heavy atom. The average Bonchev–Trinajstić information content (AvgIpc) is 2.90. The van der Waals surface area contributed by atoms with Gasteiger partial charge in [-0.05, 0) is 48.9 Å². The first-order valence-electron chi connectivity index (χ1n) is 6.90. The SMILES string of the molecule is Cc1ccn2cc(C(=O)Nc3ccc(S(C)(=O)=O)cc3)nc2c1. The number of carbonyl (C=O) groups is 1. The zero-order valence-corrected chi connectivity index (χ0v) is 13.5. The van der Waals surface area contributed by atoms with Crippen molar-refractivity contribution >= 4 is 27.1 Å². The van der Waals surface area contributed by atoms with Crippen molar-refractivity contribution in [3.8, 4) is 0 Å². The normalized spacial score (nSPS) is 11.6. The number of aryl methyl sites for hydroxylation is 1. The number of hydrogen-bond donors (Lipinski definition) is 1. The summed E-state index contributed by atoms with van der Waals surface area (Å²) >= 11 is 0. The van der Waals surface area contributed by atoms with Crippen molar-refractivity contribution in [1.82, 2.24) is 9.38 Å². The number of nitrogens with zero attached hydrogens (tertiary/aromatic N) is 2. The summed E-state index contributed by atoms with van der Waals surface area (Å²) in [6.07, 6.45) is 4.63. The zero-order chi connectivity index (χ0) is 16.6. The van der Waals surface area contributed by atoms with Crippen LogP contribution in [-0.4, -0.2) is 30.0 Å². The van der Waals surface area contributed by atoms with Gasteiger partial charge in [0, 0.05) is 24.3 Å². The maximum absolute atomic E-state index is 12.2. The van der Waals surface area contributed by atoms with E-state index >= 15 is 0 Å². The second kappa shape index (κ2) is 5.51. The molecule has 0 unspecified atom stereocenters. The number of aromatic nitrogens is 2. The molecule has 3 aromatic rings. The molecule has 1 aromatic carbocycles. The van der Waals surface area contributed by atoms with Gasteiger partial charge in [-0.15, -0.1) is 0 Å². The third-order valence-corrected chi connectivity index (χ3v) is 4.52. The van der Waals surface area contributed by atoms with Crippen LogP contribution in [0.1, 0.15) is 16.1 Å². The predicted molar refractivity (Wildman–Crippen MR) is 87.4 cm³/mol. The lowest BCUT2D eigenvalue weighted by molar-refractivity contribution is 0.102. The fourth-order valence-corrected chi connectivity index (χ4v) is 2.80. The van der Waals surface area contributed by atoms with Gasteiger partial charge in [-0.25, -0.2) is 13.4 Å². The molecule has 0 atom stereocenters. The number of carbonyl (C=O) groups excluding carboxylic acids is 1. The number of sulfone groups is 1. The summed E-state index contributed by atoms with van der Waals surface area (Å²) in [6, 6.07) is 9.83. The Bertz CT molecular complexity index is 989. The Morgan fingerprint density at radius 3 is 2.52 bits per heavy atom. The van der Waals surface area contributed by atoms with Crippen LogP contribution >= 0.6 is 0 Å². The minimum atomic E-state index is -3.25. The van der Waals surface area contributed by atoms with E-state index in [1.807, 2.05) is 25.3 Å². The second-order valence-electron chi connectivity index (χ2n) is 5.35. The molecular formula is C16H15N3O3S. The number of hydrogen-bond acceptors (Lipinski definition) is 4. The molecule has 0 saturated heterocycles. The summed E-state index contributed by atoms with van der Waals surface area (Å²) in [5.41, 5.74) is 2.56. The van der Waals surface area contributed by atoms with E-state index in [1.165, 1.54) is 12.1 Å². The molecule has 0 aliphatic carbocycles. The zero-order valence-electron chi connectivity index (χ0n) is 12.6. The number of rotatable bonds is 3. The summed E-state index contributed by atoms with van der Waals surface area (Å²) in [7, 11) is -3.25. The van der Waals surface area contributed by atoms with E-state index in [1.54, 1.807) is 22.7 Å². The molecule has 1 amide bonds. The largest absolute Gasteiger partial charge is 0.321 e. The quantitative estimate of drug-likeness (QED) is 0.799. The highest BCUT2D eigenvalue weighted by molar-refractivity contribution is 7.90. The molecule has 0 fully saturated rings. The highest BCUT2D eigenvalue weighted by Crippen LogP contribution is 2.15. The molecule has 3 rings (SSSR count). The molecule has 0 aliphatic heterocycles. The minimum absolute atomic E-state index is 0.207. The highest BCUT2D eigenvalue weighted by Gasteiger charge is 2.12. The summed E-state index contributed by atoms with van der Waals surface area (Å²) < 4.78 is 24.6. The molecule has 2 aromatic heterocycles. The standard InChI is InChI=1S/C16H15N3O3S/c1-11-7-8-19-10-14(18-15(19)9-11)16(20)17-12-3-5-13(6-4-12)23(2,21)22/h3-10H,1-2H3,(H,17,20). The van der Waals surface area contributed by atoms with Gasteiger partial charge >= 0.3 is 0 Å².